The van der Waals surface area contributed by atoms with Crippen molar-refractivity contribution in [2.75, 3.05) is 47.3 Å². The Morgan fingerprint density at radius 3 is 2.24 bits per heavy atom. The van der Waals surface area contributed by atoms with Gasteiger partial charge in [0.25, 0.3) is 5.91 Å². The lowest BCUT2D eigenvalue weighted by molar-refractivity contribution is -1.01. The number of quaternary nitrogens is 2. The smallest absolute Gasteiger partial charge is 0.302 e. The summed E-state index contributed by atoms with van der Waals surface area (Å²) in [4.78, 5) is 26.7. The molecule has 2 N–H and O–H groups in total. The maximum atomic E-state index is 12.2. The molecule has 0 aromatic heterocycles. The number of rotatable bonds is 2. The molecule has 0 aromatic carbocycles. The van der Waals surface area contributed by atoms with E-state index < -0.39 is 0 Å². The molecule has 2 aliphatic rings. The van der Waals surface area contributed by atoms with Crippen molar-refractivity contribution < 1.29 is 19.4 Å². The second-order valence-corrected chi connectivity index (χ2v) is 5.26. The number of imide groups is 1. The lowest BCUT2D eigenvalue weighted by Gasteiger charge is -2.30. The summed E-state index contributed by atoms with van der Waals surface area (Å²) in [6.07, 6.45) is 0.366. The first-order chi connectivity index (χ1) is 8.00. The van der Waals surface area contributed by atoms with Crippen LogP contribution >= 0.6 is 0 Å². The number of hydrogen-bond acceptors (Lipinski definition) is 3. The highest BCUT2D eigenvalue weighted by Crippen LogP contribution is 2.11. The van der Waals surface area contributed by atoms with Crippen LogP contribution in [-0.2, 0) is 9.59 Å². The number of nitrogens with one attached hydrogen (secondary N) is 2. The van der Waals surface area contributed by atoms with Crippen molar-refractivity contribution in [2.24, 2.45) is 0 Å². The van der Waals surface area contributed by atoms with Crippen molar-refractivity contribution in [1.29, 1.82) is 0 Å². The summed E-state index contributed by atoms with van der Waals surface area (Å²) >= 11 is 0. The molecule has 1 atom stereocenters. The molecule has 0 aliphatic carbocycles. The van der Waals surface area contributed by atoms with Crippen LogP contribution in [0, 0.1) is 0 Å². The molecule has 2 saturated heterocycles. The molecule has 2 amide bonds. The number of hydrogen-bond donors (Lipinski definition) is 2. The Bertz CT molecular complexity index is 323. The Morgan fingerprint density at radius 2 is 1.76 bits per heavy atom. The minimum Gasteiger partial charge on any atom is -0.328 e. The lowest BCUT2D eigenvalue weighted by Crippen LogP contribution is -3.29. The first-order valence-corrected chi connectivity index (χ1v) is 6.20. The molecule has 0 radical (unpaired) electrons. The van der Waals surface area contributed by atoms with Crippen molar-refractivity contribution >= 4 is 11.8 Å². The van der Waals surface area contributed by atoms with Gasteiger partial charge in [0.2, 0.25) is 0 Å². The van der Waals surface area contributed by atoms with Crippen LogP contribution in [0.15, 0.2) is 0 Å². The zero-order chi connectivity index (χ0) is 12.6. The number of amides is 2. The minimum atomic E-state index is -0.155. The van der Waals surface area contributed by atoms with Gasteiger partial charge < -0.3 is 9.80 Å². The van der Waals surface area contributed by atoms with Gasteiger partial charge in [-0.2, -0.15) is 0 Å². The van der Waals surface area contributed by atoms with E-state index in [9.17, 15) is 9.59 Å². The fourth-order valence-corrected chi connectivity index (χ4v) is 2.70. The molecule has 0 saturated carbocycles. The molecule has 0 aromatic rings. The van der Waals surface area contributed by atoms with E-state index in [1.807, 2.05) is 0 Å². The number of carbonyl (C=O) groups excluding carboxylic acids is 2. The zero-order valence-electron chi connectivity index (χ0n) is 10.8. The van der Waals surface area contributed by atoms with Crippen LogP contribution in [0.4, 0.5) is 0 Å². The van der Waals surface area contributed by atoms with Crippen LogP contribution in [-0.4, -0.2) is 75.2 Å². The second kappa shape index (κ2) is 4.72. The monoisotopic (exact) mass is 242 g/mol. The van der Waals surface area contributed by atoms with Crippen LogP contribution in [0.2, 0.25) is 0 Å². The van der Waals surface area contributed by atoms with Gasteiger partial charge in [0.1, 0.15) is 26.2 Å². The van der Waals surface area contributed by atoms with E-state index in [-0.39, 0.29) is 17.9 Å². The average molecular weight is 242 g/mol. The first kappa shape index (κ1) is 12.5. The Labute approximate surface area is 102 Å². The number of piperazine rings is 1. The van der Waals surface area contributed by atoms with Gasteiger partial charge in [-0.15, -0.1) is 0 Å². The lowest BCUT2D eigenvalue weighted by atomic mass is 10.2. The van der Waals surface area contributed by atoms with Crippen LogP contribution in [0.5, 0.6) is 0 Å². The Morgan fingerprint density at radius 1 is 1.18 bits per heavy atom. The molecular weight excluding hydrogens is 220 g/mol. The van der Waals surface area contributed by atoms with Gasteiger partial charge >= 0.3 is 5.91 Å². The Hall–Kier alpha value is -0.980. The summed E-state index contributed by atoms with van der Waals surface area (Å²) in [7, 11) is 5.65. The van der Waals surface area contributed by atoms with Gasteiger partial charge in [-0.05, 0) is 0 Å². The normalized spacial score (nSPS) is 34.8. The molecule has 0 unspecified atom stereocenters. The summed E-state index contributed by atoms with van der Waals surface area (Å²) in [5.74, 6) is -0.0988. The molecule has 2 aliphatic heterocycles. The van der Waals surface area contributed by atoms with Gasteiger partial charge in [0.15, 0.2) is 6.04 Å². The van der Waals surface area contributed by atoms with Crippen LogP contribution in [0.1, 0.15) is 6.42 Å². The standard InChI is InChI=1S/C11H20N4O2/c1-12(2)15-10(16)8-9(11(15)17)14-6-4-13(3)5-7-14/h9H,4-8H2,1-3H3/p+2/t9-/m1/s1. The third-order valence-corrected chi connectivity index (χ3v) is 3.76. The van der Waals surface area contributed by atoms with Crippen molar-refractivity contribution in [3.63, 3.8) is 0 Å². The Balaban J connectivity index is 2.04. The fourth-order valence-electron chi connectivity index (χ4n) is 2.70. The highest BCUT2D eigenvalue weighted by atomic mass is 16.2. The van der Waals surface area contributed by atoms with Gasteiger partial charge in [0, 0.05) is 14.1 Å². The molecular formula is C11H22N4O2+2. The molecule has 6 heteroatoms. The van der Waals surface area contributed by atoms with E-state index in [1.54, 1.807) is 19.1 Å². The molecule has 0 bridgehead atoms. The molecule has 0 spiro atoms. The number of hydrazine groups is 1. The van der Waals surface area contributed by atoms with Gasteiger partial charge in [-0.25, -0.2) is 10.0 Å². The van der Waals surface area contributed by atoms with Crippen molar-refractivity contribution in [2.45, 2.75) is 12.5 Å². The Kier molecular flexibility index (Phi) is 3.46. The highest BCUT2D eigenvalue weighted by Gasteiger charge is 2.47. The van der Waals surface area contributed by atoms with E-state index >= 15 is 0 Å². The summed E-state index contributed by atoms with van der Waals surface area (Å²) in [6.45, 7) is 4.12. The molecule has 2 fully saturated rings. The fraction of sp³-hybridized carbons (Fsp3) is 0.818. The van der Waals surface area contributed by atoms with Crippen LogP contribution < -0.4 is 9.80 Å². The van der Waals surface area contributed by atoms with Crippen molar-refractivity contribution in [3.8, 4) is 0 Å². The predicted molar refractivity (Wildman–Crippen MR) is 61.3 cm³/mol. The van der Waals surface area contributed by atoms with Gasteiger partial charge in [-0.3, -0.25) is 9.59 Å². The number of likely N-dealkylation sites (N-methyl/N-ethyl adjacent to an activating group) is 1. The second-order valence-electron chi connectivity index (χ2n) is 5.26. The molecule has 17 heavy (non-hydrogen) atoms. The molecule has 96 valence electrons. The zero-order valence-corrected chi connectivity index (χ0v) is 10.8. The van der Waals surface area contributed by atoms with Crippen LogP contribution in [0.25, 0.3) is 0 Å². The first-order valence-electron chi connectivity index (χ1n) is 6.20. The summed E-state index contributed by atoms with van der Waals surface area (Å²) in [6, 6.07) is -0.155. The maximum Gasteiger partial charge on any atom is 0.302 e. The third kappa shape index (κ3) is 2.34. The van der Waals surface area contributed by atoms with E-state index in [4.69, 9.17) is 0 Å². The summed E-state index contributed by atoms with van der Waals surface area (Å²) < 4.78 is 0. The number of nitrogens with zero attached hydrogens (tertiary/aromatic N) is 2. The highest BCUT2D eigenvalue weighted by molar-refractivity contribution is 6.04. The van der Waals surface area contributed by atoms with Gasteiger partial charge in [0.05, 0.1) is 13.5 Å². The molecule has 2 rings (SSSR count). The van der Waals surface area contributed by atoms with E-state index in [0.29, 0.717) is 6.42 Å². The topological polar surface area (TPSA) is 49.5 Å². The van der Waals surface area contributed by atoms with Gasteiger partial charge in [-0.1, -0.05) is 0 Å². The van der Waals surface area contributed by atoms with E-state index in [1.165, 1.54) is 14.8 Å². The number of carbonyl (C=O) groups is 2. The quantitative estimate of drug-likeness (QED) is 0.485. The average Bonchev–Trinajstić information content (AvgIpc) is 2.55. The van der Waals surface area contributed by atoms with Crippen molar-refractivity contribution in [3.05, 3.63) is 0 Å². The SMILES string of the molecule is CN(C)N1C(=O)C[C@@H]([NH+]2CC[NH+](C)CC2)C1=O. The summed E-state index contributed by atoms with van der Waals surface area (Å²) in [5.41, 5.74) is 0. The predicted octanol–water partition coefficient (Wildman–Crippen LogP) is -4.00. The minimum absolute atomic E-state index is 0.0328. The molecule has 6 nitrogen and oxygen atoms in total. The molecule has 2 heterocycles. The van der Waals surface area contributed by atoms with Crippen LogP contribution in [0.3, 0.4) is 0 Å². The van der Waals surface area contributed by atoms with E-state index in [2.05, 4.69) is 7.05 Å². The van der Waals surface area contributed by atoms with Crippen molar-refractivity contribution in [1.82, 2.24) is 10.0 Å². The summed E-state index contributed by atoms with van der Waals surface area (Å²) in [5, 5.41) is 2.87. The largest absolute Gasteiger partial charge is 0.328 e. The third-order valence-electron chi connectivity index (χ3n) is 3.76. The maximum absolute atomic E-state index is 12.2. The van der Waals surface area contributed by atoms with E-state index in [0.717, 1.165) is 26.2 Å².